The minimum absolute atomic E-state index is 0.0367. The maximum Gasteiger partial charge on any atom is 0.407 e. The first-order valence-electron chi connectivity index (χ1n) is 11.6. The van der Waals surface area contributed by atoms with Crippen LogP contribution in [-0.4, -0.2) is 79.9 Å². The van der Waals surface area contributed by atoms with Gasteiger partial charge in [-0.2, -0.15) is 0 Å². The van der Waals surface area contributed by atoms with Crippen LogP contribution in [0.4, 0.5) is 4.79 Å². The van der Waals surface area contributed by atoms with Gasteiger partial charge in [0.15, 0.2) is 11.6 Å². The minimum atomic E-state index is -2.04. The van der Waals surface area contributed by atoms with Crippen molar-refractivity contribution in [2.24, 2.45) is 0 Å². The average molecular weight is 509 g/mol. The molecule has 3 heterocycles. The molecule has 12 heteroatoms. The second-order valence-corrected chi connectivity index (χ2v) is 9.66. The molecule has 0 aliphatic carbocycles. The molecule has 0 spiro atoms. The molecule has 198 valence electrons. The molecule has 0 bridgehead atoms. The molecule has 36 heavy (non-hydrogen) atoms. The first-order valence-corrected chi connectivity index (χ1v) is 11.6. The highest BCUT2D eigenvalue weighted by Crippen LogP contribution is 2.46. The summed E-state index contributed by atoms with van der Waals surface area (Å²) in [5.74, 6) is -3.55. The molecule has 5 atom stereocenters. The highest BCUT2D eigenvalue weighted by Gasteiger charge is 2.70. The molecule has 1 aromatic rings. The molecule has 3 aliphatic rings. The molecule has 4 rings (SSSR count). The van der Waals surface area contributed by atoms with Crippen LogP contribution < -0.4 is 10.6 Å². The Labute approximate surface area is 208 Å². The number of amides is 2. The first kappa shape index (κ1) is 26.3. The fraction of sp³-hybridized carbons (Fsp3) is 0.625. The Bertz CT molecular complexity index is 984. The maximum atomic E-state index is 13.0. The largest absolute Gasteiger partial charge is 0.465 e. The quantitative estimate of drug-likeness (QED) is 0.512. The van der Waals surface area contributed by atoms with E-state index in [-0.39, 0.29) is 13.2 Å². The number of carbonyl (C=O) groups is 3. The average Bonchev–Trinajstić information content (AvgIpc) is 3.45. The van der Waals surface area contributed by atoms with Gasteiger partial charge in [0.2, 0.25) is 5.91 Å². The normalized spacial score (nSPS) is 31.9. The minimum Gasteiger partial charge on any atom is -0.465 e. The smallest absolute Gasteiger partial charge is 0.407 e. The third-order valence-corrected chi connectivity index (χ3v) is 5.99. The Morgan fingerprint density at radius 2 is 1.69 bits per heavy atom. The summed E-state index contributed by atoms with van der Waals surface area (Å²) < 4.78 is 39.8. The summed E-state index contributed by atoms with van der Waals surface area (Å²) in [6.07, 6.45) is -4.04. The Morgan fingerprint density at radius 3 is 2.33 bits per heavy atom. The van der Waals surface area contributed by atoms with E-state index in [4.69, 9.17) is 33.2 Å². The van der Waals surface area contributed by atoms with Gasteiger partial charge in [-0.15, -0.1) is 0 Å². The number of esters is 1. The van der Waals surface area contributed by atoms with Crippen LogP contribution >= 0.6 is 0 Å². The first-order chi connectivity index (χ1) is 16.9. The van der Waals surface area contributed by atoms with Crippen molar-refractivity contribution in [3.8, 4) is 0 Å². The Balaban J connectivity index is 1.45. The fourth-order valence-electron chi connectivity index (χ4n) is 4.50. The summed E-state index contributed by atoms with van der Waals surface area (Å²) in [5.41, 5.74) is -1.25. The second-order valence-electron chi connectivity index (χ2n) is 9.66. The van der Waals surface area contributed by atoms with Crippen LogP contribution in [0, 0.1) is 0 Å². The molecular weight excluding hydrogens is 476 g/mol. The number of nitrogens with one attached hydrogen (secondary N) is 2. The monoisotopic (exact) mass is 508 g/mol. The standard InChI is InChI=1S/C24H32N2O10/c1-22(2)32-13-15(33-22)17-18-19(36-23(3,4)34-18)24(35-17,20(28)30-5)26-16(27)11-25-21(29)31-12-14-9-7-6-8-10-14/h6-10,15,17-19H,11-13H2,1-5H3,(H,25,29)(H,26,27)/t15-,17-,18+,19+,24+/m1/s1. The molecule has 3 aliphatic heterocycles. The van der Waals surface area contributed by atoms with Gasteiger partial charge in [-0.1, -0.05) is 30.3 Å². The zero-order chi connectivity index (χ0) is 26.1. The van der Waals surface area contributed by atoms with Gasteiger partial charge in [-0.3, -0.25) is 4.79 Å². The van der Waals surface area contributed by atoms with Gasteiger partial charge in [0.1, 0.15) is 37.6 Å². The number of methoxy groups -OCH3 is 1. The van der Waals surface area contributed by atoms with Crippen LogP contribution in [0.5, 0.6) is 0 Å². The van der Waals surface area contributed by atoms with Gasteiger partial charge in [-0.25, -0.2) is 9.59 Å². The number of rotatable bonds is 7. The van der Waals surface area contributed by atoms with Crippen molar-refractivity contribution < 1.29 is 47.5 Å². The van der Waals surface area contributed by atoms with Crippen LogP contribution in [0.15, 0.2) is 30.3 Å². The van der Waals surface area contributed by atoms with E-state index in [2.05, 4.69) is 10.6 Å². The predicted molar refractivity (Wildman–Crippen MR) is 121 cm³/mol. The summed E-state index contributed by atoms with van der Waals surface area (Å²) in [6, 6.07) is 9.08. The van der Waals surface area contributed by atoms with Gasteiger partial charge in [0.25, 0.3) is 5.72 Å². The van der Waals surface area contributed by atoms with E-state index >= 15 is 0 Å². The van der Waals surface area contributed by atoms with Crippen LogP contribution in [-0.2, 0) is 49.4 Å². The van der Waals surface area contributed by atoms with Crippen molar-refractivity contribution in [3.05, 3.63) is 35.9 Å². The Morgan fingerprint density at radius 1 is 0.972 bits per heavy atom. The van der Waals surface area contributed by atoms with Crippen molar-refractivity contribution in [3.63, 3.8) is 0 Å². The van der Waals surface area contributed by atoms with Gasteiger partial charge < -0.3 is 43.8 Å². The highest BCUT2D eigenvalue weighted by molar-refractivity contribution is 5.90. The van der Waals surface area contributed by atoms with Crippen molar-refractivity contribution in [2.75, 3.05) is 20.3 Å². The fourth-order valence-corrected chi connectivity index (χ4v) is 4.50. The van der Waals surface area contributed by atoms with Crippen molar-refractivity contribution >= 4 is 18.0 Å². The third kappa shape index (κ3) is 5.47. The van der Waals surface area contributed by atoms with Crippen LogP contribution in [0.2, 0.25) is 0 Å². The number of benzene rings is 1. The number of ether oxygens (including phenoxy) is 7. The molecule has 2 amide bonds. The van der Waals surface area contributed by atoms with Crippen molar-refractivity contribution in [1.29, 1.82) is 0 Å². The summed E-state index contributed by atoms with van der Waals surface area (Å²) in [7, 11) is 1.17. The number of hydrogen-bond donors (Lipinski definition) is 2. The SMILES string of the molecule is COC(=O)[C@@]1(NC(=O)CNC(=O)OCc2ccccc2)O[C@H]([C@H]2COC(C)(C)O2)[C@@H]2OC(C)(C)O[C@@H]21. The van der Waals surface area contributed by atoms with Crippen LogP contribution in [0.3, 0.4) is 0 Å². The lowest BCUT2D eigenvalue weighted by atomic mass is 10.00. The molecule has 3 saturated heterocycles. The van der Waals surface area contributed by atoms with E-state index in [9.17, 15) is 14.4 Å². The molecule has 12 nitrogen and oxygen atoms in total. The van der Waals surface area contributed by atoms with E-state index in [0.29, 0.717) is 0 Å². The van der Waals surface area contributed by atoms with Crippen LogP contribution in [0.1, 0.15) is 33.3 Å². The van der Waals surface area contributed by atoms with Crippen molar-refractivity contribution in [1.82, 2.24) is 10.6 Å². The lowest BCUT2D eigenvalue weighted by Gasteiger charge is -2.33. The molecule has 0 radical (unpaired) electrons. The molecule has 0 saturated carbocycles. The van der Waals surface area contributed by atoms with E-state index in [1.165, 1.54) is 7.11 Å². The molecule has 0 aromatic heterocycles. The molecule has 0 unspecified atom stereocenters. The molecule has 2 N–H and O–H groups in total. The predicted octanol–water partition coefficient (Wildman–Crippen LogP) is 0.969. The number of hydrogen-bond acceptors (Lipinski definition) is 10. The lowest BCUT2D eigenvalue weighted by Crippen LogP contribution is -2.64. The Hall–Kier alpha value is -2.77. The highest BCUT2D eigenvalue weighted by atomic mass is 16.8. The van der Waals surface area contributed by atoms with Gasteiger partial charge in [0.05, 0.1) is 13.7 Å². The zero-order valence-corrected chi connectivity index (χ0v) is 20.9. The number of carbonyl (C=O) groups excluding carboxylic acids is 3. The molecule has 1 aromatic carbocycles. The van der Waals surface area contributed by atoms with E-state index in [1.807, 2.05) is 18.2 Å². The Kier molecular flexibility index (Phi) is 7.26. The van der Waals surface area contributed by atoms with Crippen molar-refractivity contribution in [2.45, 2.75) is 76.0 Å². The third-order valence-electron chi connectivity index (χ3n) is 5.99. The van der Waals surface area contributed by atoms with Gasteiger partial charge >= 0.3 is 12.1 Å². The summed E-state index contributed by atoms with van der Waals surface area (Å²) in [4.78, 5) is 38.0. The molecular formula is C24H32N2O10. The topological polar surface area (TPSA) is 140 Å². The summed E-state index contributed by atoms with van der Waals surface area (Å²) >= 11 is 0. The van der Waals surface area contributed by atoms with E-state index in [1.54, 1.807) is 39.8 Å². The summed E-state index contributed by atoms with van der Waals surface area (Å²) in [6.45, 7) is 6.62. The second kappa shape index (κ2) is 9.94. The van der Waals surface area contributed by atoms with Gasteiger partial charge in [-0.05, 0) is 33.3 Å². The number of fused-ring (bicyclic) bond motifs is 1. The lowest BCUT2D eigenvalue weighted by molar-refractivity contribution is -0.237. The maximum absolute atomic E-state index is 13.0. The summed E-state index contributed by atoms with van der Waals surface area (Å²) in [5, 5.41) is 4.90. The number of alkyl carbamates (subject to hydrolysis) is 1. The van der Waals surface area contributed by atoms with E-state index in [0.717, 1.165) is 5.56 Å². The van der Waals surface area contributed by atoms with E-state index < -0.39 is 66.2 Å². The van der Waals surface area contributed by atoms with Crippen LogP contribution in [0.25, 0.3) is 0 Å². The molecule has 3 fully saturated rings. The zero-order valence-electron chi connectivity index (χ0n) is 20.9. The van der Waals surface area contributed by atoms with Gasteiger partial charge in [0, 0.05) is 0 Å².